The SMILES string of the molecule is CC(NC(=O)NCCNc1cc(-c2ccccc2Cl)nc2c(Br)cnn12)c1ccccc1. The monoisotopic (exact) mass is 512 g/mol. The van der Waals surface area contributed by atoms with Crippen LogP contribution in [0.15, 0.2) is 71.3 Å². The molecule has 2 amide bonds. The summed E-state index contributed by atoms with van der Waals surface area (Å²) in [6, 6.07) is 19.0. The first-order chi connectivity index (χ1) is 15.5. The number of nitrogens with zero attached hydrogens (tertiary/aromatic N) is 3. The lowest BCUT2D eigenvalue weighted by atomic mass is 10.1. The Labute approximate surface area is 199 Å². The van der Waals surface area contributed by atoms with E-state index in [2.05, 4.69) is 37.0 Å². The third kappa shape index (κ3) is 5.03. The number of rotatable bonds is 7. The molecule has 1 atom stereocenters. The number of aromatic nitrogens is 3. The van der Waals surface area contributed by atoms with Gasteiger partial charge in [0.25, 0.3) is 0 Å². The van der Waals surface area contributed by atoms with Crippen LogP contribution in [0.2, 0.25) is 5.02 Å². The number of halogens is 2. The van der Waals surface area contributed by atoms with Crippen LogP contribution < -0.4 is 16.0 Å². The van der Waals surface area contributed by atoms with E-state index in [0.717, 1.165) is 27.1 Å². The van der Waals surface area contributed by atoms with Gasteiger partial charge in [-0.3, -0.25) is 0 Å². The largest absolute Gasteiger partial charge is 0.368 e. The highest BCUT2D eigenvalue weighted by Crippen LogP contribution is 2.30. The Bertz CT molecular complexity index is 1230. The quantitative estimate of drug-likeness (QED) is 0.293. The fourth-order valence-corrected chi connectivity index (χ4v) is 3.89. The lowest BCUT2D eigenvalue weighted by molar-refractivity contribution is 0.238. The van der Waals surface area contributed by atoms with E-state index < -0.39 is 0 Å². The van der Waals surface area contributed by atoms with Crippen LogP contribution in [0.4, 0.5) is 10.6 Å². The van der Waals surface area contributed by atoms with Gasteiger partial charge in [0.05, 0.1) is 22.4 Å². The molecule has 0 radical (unpaired) electrons. The van der Waals surface area contributed by atoms with Gasteiger partial charge in [0.15, 0.2) is 5.65 Å². The highest BCUT2D eigenvalue weighted by molar-refractivity contribution is 9.10. The maximum atomic E-state index is 12.2. The van der Waals surface area contributed by atoms with Crippen LogP contribution in [-0.2, 0) is 0 Å². The molecule has 0 saturated heterocycles. The highest BCUT2D eigenvalue weighted by atomic mass is 79.9. The van der Waals surface area contributed by atoms with Gasteiger partial charge in [0, 0.05) is 29.7 Å². The Hall–Kier alpha value is -3.10. The van der Waals surface area contributed by atoms with Crippen LogP contribution in [0.3, 0.4) is 0 Å². The summed E-state index contributed by atoms with van der Waals surface area (Å²) < 4.78 is 2.49. The molecule has 3 N–H and O–H groups in total. The van der Waals surface area contributed by atoms with Crippen LogP contribution in [0.5, 0.6) is 0 Å². The number of hydrogen-bond acceptors (Lipinski definition) is 4. The van der Waals surface area contributed by atoms with Crippen molar-refractivity contribution < 1.29 is 4.79 Å². The third-order valence-electron chi connectivity index (χ3n) is 4.94. The number of carbonyl (C=O) groups is 1. The molecule has 164 valence electrons. The molecule has 7 nitrogen and oxygen atoms in total. The number of amides is 2. The van der Waals surface area contributed by atoms with E-state index in [-0.39, 0.29) is 12.1 Å². The van der Waals surface area contributed by atoms with Gasteiger partial charge < -0.3 is 16.0 Å². The molecule has 1 unspecified atom stereocenters. The van der Waals surface area contributed by atoms with Crippen molar-refractivity contribution in [2.45, 2.75) is 13.0 Å². The highest BCUT2D eigenvalue weighted by Gasteiger charge is 2.13. The predicted octanol–water partition coefficient (Wildman–Crippen LogP) is 5.28. The summed E-state index contributed by atoms with van der Waals surface area (Å²) >= 11 is 9.87. The van der Waals surface area contributed by atoms with E-state index in [1.807, 2.05) is 67.6 Å². The fourth-order valence-electron chi connectivity index (χ4n) is 3.31. The molecule has 32 heavy (non-hydrogen) atoms. The summed E-state index contributed by atoms with van der Waals surface area (Å²) in [6.45, 7) is 2.89. The number of hydrogen-bond donors (Lipinski definition) is 3. The smallest absolute Gasteiger partial charge is 0.315 e. The average molecular weight is 514 g/mol. The molecule has 0 aliphatic rings. The van der Waals surface area contributed by atoms with Crippen molar-refractivity contribution in [1.29, 1.82) is 0 Å². The van der Waals surface area contributed by atoms with Crippen molar-refractivity contribution in [3.63, 3.8) is 0 Å². The first-order valence-corrected chi connectivity index (χ1v) is 11.3. The molecule has 9 heteroatoms. The maximum Gasteiger partial charge on any atom is 0.315 e. The molecule has 0 fully saturated rings. The topological polar surface area (TPSA) is 83.4 Å². The van der Waals surface area contributed by atoms with Gasteiger partial charge in [-0.05, 0) is 34.5 Å². The Morgan fingerprint density at radius 3 is 2.66 bits per heavy atom. The van der Waals surface area contributed by atoms with E-state index in [9.17, 15) is 4.79 Å². The lowest BCUT2D eigenvalue weighted by Gasteiger charge is -2.15. The number of nitrogens with one attached hydrogen (secondary N) is 3. The van der Waals surface area contributed by atoms with Gasteiger partial charge >= 0.3 is 6.03 Å². The van der Waals surface area contributed by atoms with Crippen molar-refractivity contribution in [3.8, 4) is 11.3 Å². The minimum atomic E-state index is -0.221. The number of benzene rings is 2. The summed E-state index contributed by atoms with van der Waals surface area (Å²) in [7, 11) is 0. The molecular formula is C23H22BrClN6O. The van der Waals surface area contributed by atoms with Crippen molar-refractivity contribution in [1.82, 2.24) is 25.2 Å². The summed E-state index contributed by atoms with van der Waals surface area (Å²) in [5.41, 5.74) is 3.29. The molecule has 0 aliphatic carbocycles. The number of anilines is 1. The molecule has 2 aromatic carbocycles. The zero-order valence-corrected chi connectivity index (χ0v) is 19.7. The minimum absolute atomic E-state index is 0.0800. The lowest BCUT2D eigenvalue weighted by Crippen LogP contribution is -2.39. The van der Waals surface area contributed by atoms with Crippen molar-refractivity contribution in [2.24, 2.45) is 0 Å². The molecule has 2 heterocycles. The number of fused-ring (bicyclic) bond motifs is 1. The number of carbonyl (C=O) groups excluding carboxylic acids is 1. The molecule has 4 aromatic rings. The Morgan fingerprint density at radius 2 is 1.88 bits per heavy atom. The van der Waals surface area contributed by atoms with Gasteiger partial charge in [0.2, 0.25) is 0 Å². The van der Waals surface area contributed by atoms with E-state index >= 15 is 0 Å². The standard InChI is InChI=1S/C23H22BrClN6O/c1-15(16-7-3-2-4-8-16)29-23(32)27-12-11-26-21-13-20(17-9-5-6-10-19(17)25)30-22-18(24)14-28-31(21)22/h2-10,13-15,26H,11-12H2,1H3,(H2,27,29,32). The van der Waals surface area contributed by atoms with Crippen LogP contribution in [0.1, 0.15) is 18.5 Å². The molecule has 0 bridgehead atoms. The fraction of sp³-hybridized carbons (Fsp3) is 0.174. The first kappa shape index (κ1) is 22.1. The second kappa shape index (κ2) is 10.0. The zero-order valence-electron chi connectivity index (χ0n) is 17.3. The van der Waals surface area contributed by atoms with Gasteiger partial charge in [-0.15, -0.1) is 0 Å². The van der Waals surface area contributed by atoms with Crippen LogP contribution >= 0.6 is 27.5 Å². The van der Waals surface area contributed by atoms with Crippen LogP contribution in [-0.4, -0.2) is 33.7 Å². The van der Waals surface area contributed by atoms with Crippen LogP contribution in [0, 0.1) is 0 Å². The van der Waals surface area contributed by atoms with E-state index in [0.29, 0.717) is 23.8 Å². The van der Waals surface area contributed by atoms with Crippen molar-refractivity contribution >= 4 is 45.0 Å². The molecule has 4 rings (SSSR count). The van der Waals surface area contributed by atoms with Gasteiger partial charge in [0.1, 0.15) is 5.82 Å². The van der Waals surface area contributed by atoms with Gasteiger partial charge in [-0.25, -0.2) is 9.78 Å². The Morgan fingerprint density at radius 1 is 1.12 bits per heavy atom. The Balaban J connectivity index is 1.41. The van der Waals surface area contributed by atoms with E-state index in [1.165, 1.54) is 0 Å². The summed E-state index contributed by atoms with van der Waals surface area (Å²) in [6.07, 6.45) is 1.69. The molecule has 0 aliphatic heterocycles. The second-order valence-corrected chi connectivity index (χ2v) is 8.46. The maximum absolute atomic E-state index is 12.2. The van der Waals surface area contributed by atoms with Crippen LogP contribution in [0.25, 0.3) is 16.9 Å². The zero-order chi connectivity index (χ0) is 22.5. The van der Waals surface area contributed by atoms with E-state index in [1.54, 1.807) is 10.7 Å². The first-order valence-electron chi connectivity index (χ1n) is 10.2. The molecule has 0 saturated carbocycles. The Kier molecular flexibility index (Phi) is 6.92. The minimum Gasteiger partial charge on any atom is -0.368 e. The average Bonchev–Trinajstić information content (AvgIpc) is 3.18. The predicted molar refractivity (Wildman–Crippen MR) is 131 cm³/mol. The van der Waals surface area contributed by atoms with Crippen molar-refractivity contribution in [3.05, 3.63) is 81.9 Å². The second-order valence-electron chi connectivity index (χ2n) is 7.19. The molecule has 0 spiro atoms. The third-order valence-corrected chi connectivity index (χ3v) is 5.83. The molecular weight excluding hydrogens is 492 g/mol. The van der Waals surface area contributed by atoms with E-state index in [4.69, 9.17) is 16.6 Å². The number of urea groups is 1. The van der Waals surface area contributed by atoms with Crippen molar-refractivity contribution in [2.75, 3.05) is 18.4 Å². The van der Waals surface area contributed by atoms with Gasteiger partial charge in [-0.1, -0.05) is 60.1 Å². The summed E-state index contributed by atoms with van der Waals surface area (Å²) in [5, 5.41) is 14.1. The normalized spacial score (nSPS) is 11.8. The summed E-state index contributed by atoms with van der Waals surface area (Å²) in [4.78, 5) is 16.9. The molecule has 2 aromatic heterocycles. The summed E-state index contributed by atoms with van der Waals surface area (Å²) in [5.74, 6) is 0.746. The van der Waals surface area contributed by atoms with Gasteiger partial charge in [-0.2, -0.15) is 9.61 Å².